The highest BCUT2D eigenvalue weighted by atomic mass is 35.5. The Kier molecular flexibility index (Phi) is 8.56. The van der Waals surface area contributed by atoms with Gasteiger partial charge in [0, 0.05) is 16.3 Å². The number of rotatable bonds is 9. The number of carbonyl (C=O) groups excluding carboxylic acids is 1. The molecule has 2 rings (SSSR count). The van der Waals surface area contributed by atoms with Crippen molar-refractivity contribution in [3.05, 3.63) is 70.8 Å². The first-order valence-electron chi connectivity index (χ1n) is 9.18. The fourth-order valence-corrected chi connectivity index (χ4v) is 2.88. The lowest BCUT2D eigenvalue weighted by atomic mass is 10.0. The molecular formula is C24H21ClN2O3. The minimum Gasteiger partial charge on any atom is -0.490 e. The number of ether oxygens (including phenoxy) is 2. The lowest BCUT2D eigenvalue weighted by Crippen LogP contribution is -2.13. The molecule has 0 unspecified atom stereocenters. The fourth-order valence-electron chi connectivity index (χ4n) is 2.69. The number of carbonyl (C=O) groups is 1. The molecule has 152 valence electrons. The molecule has 30 heavy (non-hydrogen) atoms. The van der Waals surface area contributed by atoms with Gasteiger partial charge in [-0.15, -0.1) is 13.0 Å². The van der Waals surface area contributed by atoms with Gasteiger partial charge in [0.15, 0.2) is 11.5 Å². The third-order valence-electron chi connectivity index (χ3n) is 3.88. The van der Waals surface area contributed by atoms with Crippen LogP contribution in [0.2, 0.25) is 5.02 Å². The molecule has 1 N–H and O–H groups in total. The molecule has 5 nitrogen and oxygen atoms in total. The van der Waals surface area contributed by atoms with Crippen molar-refractivity contribution in [3.8, 4) is 29.9 Å². The average Bonchev–Trinajstić information content (AvgIpc) is 2.72. The SMILES string of the molecule is C#CCOc1c(CC=C)cc(/C=C(\C#N)C(=O)Nc2cccc(Cl)c2)cc1OCC. The molecule has 0 spiro atoms. The third kappa shape index (κ3) is 6.17. The Morgan fingerprint density at radius 1 is 1.33 bits per heavy atom. The standard InChI is InChI=1S/C24H21ClN2O3/c1-4-8-18-12-17(14-22(29-6-3)23(18)30-11-5-2)13-19(16-26)24(28)27-21-10-7-9-20(25)15-21/h2,4,7,9-10,12-15H,1,6,8,11H2,3H3,(H,27,28)/b19-13+. The van der Waals surface area contributed by atoms with Crippen LogP contribution in [0.25, 0.3) is 6.08 Å². The quantitative estimate of drug-likeness (QED) is 0.267. The van der Waals surface area contributed by atoms with Crippen molar-refractivity contribution in [2.75, 3.05) is 18.5 Å². The van der Waals surface area contributed by atoms with Crippen molar-refractivity contribution in [2.45, 2.75) is 13.3 Å². The van der Waals surface area contributed by atoms with Gasteiger partial charge in [0.1, 0.15) is 18.2 Å². The highest BCUT2D eigenvalue weighted by molar-refractivity contribution is 6.31. The summed E-state index contributed by atoms with van der Waals surface area (Å²) < 4.78 is 11.4. The van der Waals surface area contributed by atoms with Crippen LogP contribution < -0.4 is 14.8 Å². The third-order valence-corrected chi connectivity index (χ3v) is 4.11. The van der Waals surface area contributed by atoms with E-state index in [9.17, 15) is 10.1 Å². The van der Waals surface area contributed by atoms with E-state index in [-0.39, 0.29) is 12.2 Å². The van der Waals surface area contributed by atoms with Crippen LogP contribution in [0, 0.1) is 23.7 Å². The second-order valence-electron chi connectivity index (χ2n) is 6.06. The number of amides is 1. The minimum atomic E-state index is -0.546. The summed E-state index contributed by atoms with van der Waals surface area (Å²) in [6.45, 7) is 6.11. The predicted octanol–water partition coefficient (Wildman–Crippen LogP) is 5.02. The second-order valence-corrected chi connectivity index (χ2v) is 6.50. The summed E-state index contributed by atoms with van der Waals surface area (Å²) in [5.41, 5.74) is 1.82. The van der Waals surface area contributed by atoms with E-state index >= 15 is 0 Å². The Morgan fingerprint density at radius 2 is 2.13 bits per heavy atom. The molecule has 0 fully saturated rings. The van der Waals surface area contributed by atoms with E-state index in [1.165, 1.54) is 6.08 Å². The Bertz CT molecular complexity index is 1050. The molecule has 0 bridgehead atoms. The van der Waals surface area contributed by atoms with Crippen molar-refractivity contribution < 1.29 is 14.3 Å². The van der Waals surface area contributed by atoms with Crippen LogP contribution in [0.5, 0.6) is 11.5 Å². The molecule has 6 heteroatoms. The zero-order valence-electron chi connectivity index (χ0n) is 16.6. The molecule has 2 aromatic rings. The molecule has 0 aliphatic rings. The lowest BCUT2D eigenvalue weighted by Gasteiger charge is -2.15. The van der Waals surface area contributed by atoms with E-state index in [4.69, 9.17) is 27.5 Å². The molecule has 0 saturated carbocycles. The minimum absolute atomic E-state index is 0.0701. The van der Waals surface area contributed by atoms with Gasteiger partial charge >= 0.3 is 0 Å². The van der Waals surface area contributed by atoms with E-state index in [1.807, 2.05) is 13.0 Å². The van der Waals surface area contributed by atoms with E-state index in [2.05, 4.69) is 17.8 Å². The van der Waals surface area contributed by atoms with Crippen molar-refractivity contribution in [1.29, 1.82) is 5.26 Å². The topological polar surface area (TPSA) is 71.3 Å². The zero-order valence-corrected chi connectivity index (χ0v) is 17.3. The normalized spacial score (nSPS) is 10.5. The number of allylic oxidation sites excluding steroid dienone is 1. The van der Waals surface area contributed by atoms with Crippen LogP contribution in [-0.4, -0.2) is 19.1 Å². The largest absolute Gasteiger partial charge is 0.490 e. The maximum absolute atomic E-state index is 12.5. The Labute approximate surface area is 181 Å². The van der Waals surface area contributed by atoms with Gasteiger partial charge in [0.25, 0.3) is 5.91 Å². The van der Waals surface area contributed by atoms with E-state index < -0.39 is 5.91 Å². The number of benzene rings is 2. The first kappa shape index (κ1) is 22.6. The number of hydrogen-bond donors (Lipinski definition) is 1. The van der Waals surface area contributed by atoms with Crippen molar-refractivity contribution in [1.82, 2.24) is 0 Å². The second kappa shape index (κ2) is 11.4. The van der Waals surface area contributed by atoms with Crippen LogP contribution >= 0.6 is 11.6 Å². The van der Waals surface area contributed by atoms with Gasteiger partial charge in [-0.1, -0.05) is 29.7 Å². The lowest BCUT2D eigenvalue weighted by molar-refractivity contribution is -0.112. The number of nitrogens with zero attached hydrogens (tertiary/aromatic N) is 1. The molecule has 0 aromatic heterocycles. The van der Waals surface area contributed by atoms with Crippen LogP contribution in [0.3, 0.4) is 0 Å². The highest BCUT2D eigenvalue weighted by Gasteiger charge is 2.15. The number of halogens is 1. The number of anilines is 1. The van der Waals surface area contributed by atoms with E-state index in [0.717, 1.165) is 5.56 Å². The predicted molar refractivity (Wildman–Crippen MR) is 120 cm³/mol. The van der Waals surface area contributed by atoms with Gasteiger partial charge in [-0.3, -0.25) is 4.79 Å². The molecule has 0 atom stereocenters. The molecule has 2 aromatic carbocycles. The number of terminal acetylenes is 1. The van der Waals surface area contributed by atoms with E-state index in [1.54, 1.807) is 42.5 Å². The molecule has 1 amide bonds. The summed E-state index contributed by atoms with van der Waals surface area (Å²) in [6, 6.07) is 12.1. The van der Waals surface area contributed by atoms with Gasteiger partial charge in [0.2, 0.25) is 0 Å². The Hall–Kier alpha value is -3.67. The van der Waals surface area contributed by atoms with Crippen molar-refractivity contribution >= 4 is 29.3 Å². The zero-order chi connectivity index (χ0) is 21.9. The monoisotopic (exact) mass is 420 g/mol. The van der Waals surface area contributed by atoms with Gasteiger partial charge < -0.3 is 14.8 Å². The smallest absolute Gasteiger partial charge is 0.266 e. The summed E-state index contributed by atoms with van der Waals surface area (Å²) >= 11 is 5.94. The molecule has 0 aliphatic heterocycles. The fraction of sp³-hybridized carbons (Fsp3) is 0.167. The van der Waals surface area contributed by atoms with E-state index in [0.29, 0.717) is 40.8 Å². The van der Waals surface area contributed by atoms with Gasteiger partial charge in [-0.25, -0.2) is 0 Å². The highest BCUT2D eigenvalue weighted by Crippen LogP contribution is 2.34. The molecule has 0 heterocycles. The summed E-state index contributed by atoms with van der Waals surface area (Å²) in [6.07, 6.45) is 9.01. The van der Waals surface area contributed by atoms with Crippen LogP contribution in [0.15, 0.2) is 54.6 Å². The van der Waals surface area contributed by atoms with Crippen LogP contribution in [-0.2, 0) is 11.2 Å². The Morgan fingerprint density at radius 3 is 2.77 bits per heavy atom. The van der Waals surface area contributed by atoms with Crippen LogP contribution in [0.4, 0.5) is 5.69 Å². The number of nitriles is 1. The summed E-state index contributed by atoms with van der Waals surface area (Å²) in [4.78, 5) is 12.5. The van der Waals surface area contributed by atoms with Gasteiger partial charge in [-0.05, 0) is 55.3 Å². The first-order chi connectivity index (χ1) is 14.5. The Balaban J connectivity index is 2.42. The summed E-state index contributed by atoms with van der Waals surface area (Å²) in [5.74, 6) is 2.89. The van der Waals surface area contributed by atoms with Crippen molar-refractivity contribution in [3.63, 3.8) is 0 Å². The average molecular weight is 421 g/mol. The number of nitrogens with one attached hydrogen (secondary N) is 1. The van der Waals surface area contributed by atoms with Gasteiger partial charge in [0.05, 0.1) is 6.61 Å². The maximum Gasteiger partial charge on any atom is 0.266 e. The summed E-state index contributed by atoms with van der Waals surface area (Å²) in [5, 5.41) is 12.7. The maximum atomic E-state index is 12.5. The molecule has 0 saturated heterocycles. The summed E-state index contributed by atoms with van der Waals surface area (Å²) in [7, 11) is 0. The van der Waals surface area contributed by atoms with Crippen LogP contribution in [0.1, 0.15) is 18.1 Å². The molecule has 0 radical (unpaired) electrons. The first-order valence-corrected chi connectivity index (χ1v) is 9.55. The number of hydrogen-bond acceptors (Lipinski definition) is 4. The van der Waals surface area contributed by atoms with Crippen molar-refractivity contribution in [2.24, 2.45) is 0 Å². The molecule has 0 aliphatic carbocycles. The van der Waals surface area contributed by atoms with Gasteiger partial charge in [-0.2, -0.15) is 5.26 Å². The molecular weight excluding hydrogens is 400 g/mol.